The molecular weight excluding hydrogens is 376 g/mol. The number of Topliss-reactive ketones (excluding diaryl/α,β-unsaturated/α-hetero) is 2. The molecule has 0 spiro atoms. The second-order valence-corrected chi connectivity index (χ2v) is 7.58. The lowest BCUT2D eigenvalue weighted by atomic mass is 9.91. The molecule has 4 nitrogen and oxygen atoms in total. The fraction of sp³-hybridized carbons (Fsp3) is 0.391. The Balaban J connectivity index is 1.39. The van der Waals surface area contributed by atoms with E-state index in [0.29, 0.717) is 30.2 Å². The number of ketones is 2. The molecule has 6 heteroatoms. The zero-order valence-corrected chi connectivity index (χ0v) is 16.5. The summed E-state index contributed by atoms with van der Waals surface area (Å²) in [6, 6.07) is 10.8. The van der Waals surface area contributed by atoms with E-state index in [0.717, 1.165) is 37.6 Å². The SMILES string of the molecule is CC(=O)c1ccc(OCC(=O)CC2CCN(Cc3ccc(F)c(F)c3)CC2)cc1. The number of hydrogen-bond donors (Lipinski definition) is 0. The van der Waals surface area contributed by atoms with E-state index in [-0.39, 0.29) is 18.2 Å². The predicted octanol–water partition coefficient (Wildman–Crippen LogP) is 4.42. The lowest BCUT2D eigenvalue weighted by molar-refractivity contribution is -0.122. The van der Waals surface area contributed by atoms with Crippen molar-refractivity contribution in [2.24, 2.45) is 5.92 Å². The lowest BCUT2D eigenvalue weighted by Gasteiger charge is -2.31. The summed E-state index contributed by atoms with van der Waals surface area (Å²) in [7, 11) is 0. The Kier molecular flexibility index (Phi) is 7.09. The van der Waals surface area contributed by atoms with Gasteiger partial charge in [-0.3, -0.25) is 14.5 Å². The molecule has 0 aromatic heterocycles. The van der Waals surface area contributed by atoms with Crippen LogP contribution in [0.3, 0.4) is 0 Å². The summed E-state index contributed by atoms with van der Waals surface area (Å²) in [6.07, 6.45) is 2.26. The molecule has 1 fully saturated rings. The number of carbonyl (C=O) groups excluding carboxylic acids is 2. The number of carbonyl (C=O) groups is 2. The van der Waals surface area contributed by atoms with Crippen LogP contribution >= 0.6 is 0 Å². The minimum atomic E-state index is -0.831. The normalized spacial score (nSPS) is 15.3. The third-order valence-electron chi connectivity index (χ3n) is 5.27. The van der Waals surface area contributed by atoms with Crippen molar-refractivity contribution in [3.63, 3.8) is 0 Å². The monoisotopic (exact) mass is 401 g/mol. The highest BCUT2D eigenvalue weighted by Gasteiger charge is 2.22. The Morgan fingerprint density at radius 2 is 1.72 bits per heavy atom. The van der Waals surface area contributed by atoms with Crippen LogP contribution in [0.15, 0.2) is 42.5 Å². The van der Waals surface area contributed by atoms with Crippen LogP contribution in [0.1, 0.15) is 42.1 Å². The third-order valence-corrected chi connectivity index (χ3v) is 5.27. The Morgan fingerprint density at radius 3 is 2.34 bits per heavy atom. The van der Waals surface area contributed by atoms with E-state index in [2.05, 4.69) is 4.90 Å². The van der Waals surface area contributed by atoms with Crippen molar-refractivity contribution in [2.45, 2.75) is 32.7 Å². The number of halogens is 2. The summed E-state index contributed by atoms with van der Waals surface area (Å²) < 4.78 is 31.9. The van der Waals surface area contributed by atoms with Gasteiger partial charge in [0.2, 0.25) is 0 Å². The quantitative estimate of drug-likeness (QED) is 0.615. The van der Waals surface area contributed by atoms with Crippen LogP contribution in [-0.4, -0.2) is 36.2 Å². The van der Waals surface area contributed by atoms with Crippen LogP contribution in [0, 0.1) is 17.6 Å². The Bertz CT molecular complexity index is 859. The average molecular weight is 401 g/mol. The van der Waals surface area contributed by atoms with E-state index in [4.69, 9.17) is 4.74 Å². The number of nitrogens with zero attached hydrogens (tertiary/aromatic N) is 1. The molecule has 0 unspecified atom stereocenters. The Hall–Kier alpha value is -2.60. The summed E-state index contributed by atoms with van der Waals surface area (Å²) in [5.41, 5.74) is 1.36. The maximum atomic E-state index is 13.3. The number of benzene rings is 2. The minimum Gasteiger partial charge on any atom is -0.486 e. The number of piperidine rings is 1. The smallest absolute Gasteiger partial charge is 0.170 e. The molecule has 0 saturated carbocycles. The molecule has 1 aliphatic heterocycles. The van der Waals surface area contributed by atoms with Crippen LogP contribution in [0.4, 0.5) is 8.78 Å². The van der Waals surface area contributed by atoms with E-state index in [9.17, 15) is 18.4 Å². The molecule has 0 radical (unpaired) electrons. The van der Waals surface area contributed by atoms with Crippen molar-refractivity contribution in [1.82, 2.24) is 4.90 Å². The lowest BCUT2D eigenvalue weighted by Crippen LogP contribution is -2.34. The average Bonchev–Trinajstić information content (AvgIpc) is 2.71. The number of rotatable bonds is 8. The fourth-order valence-electron chi connectivity index (χ4n) is 3.58. The van der Waals surface area contributed by atoms with Crippen LogP contribution in [0.2, 0.25) is 0 Å². The first kappa shape index (κ1) is 21.1. The van der Waals surface area contributed by atoms with Gasteiger partial charge >= 0.3 is 0 Å². The molecule has 0 N–H and O–H groups in total. The molecule has 29 heavy (non-hydrogen) atoms. The maximum Gasteiger partial charge on any atom is 0.170 e. The van der Waals surface area contributed by atoms with Crippen molar-refractivity contribution >= 4 is 11.6 Å². The maximum absolute atomic E-state index is 13.3. The van der Waals surface area contributed by atoms with Gasteiger partial charge in [-0.1, -0.05) is 6.07 Å². The molecule has 0 aliphatic carbocycles. The van der Waals surface area contributed by atoms with Crippen molar-refractivity contribution in [3.8, 4) is 5.75 Å². The molecule has 154 valence electrons. The highest BCUT2D eigenvalue weighted by atomic mass is 19.2. The van der Waals surface area contributed by atoms with Crippen LogP contribution in [0.25, 0.3) is 0 Å². The first-order chi connectivity index (χ1) is 13.9. The van der Waals surface area contributed by atoms with E-state index < -0.39 is 11.6 Å². The van der Waals surface area contributed by atoms with E-state index in [1.54, 1.807) is 30.3 Å². The zero-order valence-electron chi connectivity index (χ0n) is 16.5. The first-order valence-electron chi connectivity index (χ1n) is 9.82. The van der Waals surface area contributed by atoms with E-state index in [1.165, 1.54) is 13.0 Å². The van der Waals surface area contributed by atoms with Gasteiger partial charge in [-0.2, -0.15) is 0 Å². The van der Waals surface area contributed by atoms with Crippen LogP contribution in [0.5, 0.6) is 5.75 Å². The first-order valence-corrected chi connectivity index (χ1v) is 9.82. The van der Waals surface area contributed by atoms with Gasteiger partial charge in [0.05, 0.1) is 0 Å². The summed E-state index contributed by atoms with van der Waals surface area (Å²) in [5.74, 6) is -0.720. The molecule has 0 bridgehead atoms. The largest absolute Gasteiger partial charge is 0.486 e. The fourth-order valence-corrected chi connectivity index (χ4v) is 3.58. The summed E-state index contributed by atoms with van der Waals surface area (Å²) in [4.78, 5) is 25.7. The molecule has 2 aromatic carbocycles. The standard InChI is InChI=1S/C23H25F2NO3/c1-16(27)19-3-5-21(6-4-19)29-15-20(28)12-17-8-10-26(11-9-17)14-18-2-7-22(24)23(25)13-18/h2-7,13,17H,8-12,14-15H2,1H3. The van der Waals surface area contributed by atoms with Gasteiger partial charge in [-0.15, -0.1) is 0 Å². The van der Waals surface area contributed by atoms with Crippen LogP contribution < -0.4 is 4.74 Å². The summed E-state index contributed by atoms with van der Waals surface area (Å²) in [6.45, 7) is 3.75. The van der Waals surface area contributed by atoms with Crippen molar-refractivity contribution in [2.75, 3.05) is 19.7 Å². The zero-order chi connectivity index (χ0) is 20.8. The molecule has 1 heterocycles. The van der Waals surface area contributed by atoms with Crippen molar-refractivity contribution in [1.29, 1.82) is 0 Å². The molecular formula is C23H25F2NO3. The Labute approximate surface area is 169 Å². The minimum absolute atomic E-state index is 0.0106. The predicted molar refractivity (Wildman–Crippen MR) is 106 cm³/mol. The second-order valence-electron chi connectivity index (χ2n) is 7.58. The van der Waals surface area contributed by atoms with Gasteiger partial charge in [0.15, 0.2) is 23.2 Å². The molecule has 0 amide bonds. The second kappa shape index (κ2) is 9.74. The number of likely N-dealkylation sites (tertiary alicyclic amines) is 1. The Morgan fingerprint density at radius 1 is 1.03 bits per heavy atom. The van der Waals surface area contributed by atoms with Gasteiger partial charge in [0.25, 0.3) is 0 Å². The highest BCUT2D eigenvalue weighted by molar-refractivity contribution is 5.94. The van der Waals surface area contributed by atoms with Gasteiger partial charge in [0, 0.05) is 18.5 Å². The highest BCUT2D eigenvalue weighted by Crippen LogP contribution is 2.23. The van der Waals surface area contributed by atoms with Gasteiger partial charge in [0.1, 0.15) is 12.4 Å². The molecule has 1 saturated heterocycles. The molecule has 0 atom stereocenters. The van der Waals surface area contributed by atoms with Crippen molar-refractivity contribution in [3.05, 3.63) is 65.2 Å². The summed E-state index contributed by atoms with van der Waals surface area (Å²) >= 11 is 0. The topological polar surface area (TPSA) is 46.6 Å². The van der Waals surface area contributed by atoms with Gasteiger partial charge in [-0.25, -0.2) is 8.78 Å². The van der Waals surface area contributed by atoms with Crippen molar-refractivity contribution < 1.29 is 23.1 Å². The number of ether oxygens (including phenoxy) is 1. The van der Waals surface area contributed by atoms with Gasteiger partial charge in [-0.05, 0) is 80.7 Å². The molecule has 1 aliphatic rings. The third kappa shape index (κ3) is 6.19. The van der Waals surface area contributed by atoms with Crippen LogP contribution in [-0.2, 0) is 11.3 Å². The van der Waals surface area contributed by atoms with E-state index in [1.807, 2.05) is 0 Å². The molecule has 3 rings (SSSR count). The number of hydrogen-bond acceptors (Lipinski definition) is 4. The van der Waals surface area contributed by atoms with E-state index >= 15 is 0 Å². The molecule has 2 aromatic rings. The van der Waals surface area contributed by atoms with Gasteiger partial charge < -0.3 is 4.74 Å². The summed E-state index contributed by atoms with van der Waals surface area (Å²) in [5, 5.41) is 0.